The summed E-state index contributed by atoms with van der Waals surface area (Å²) in [5.74, 6) is 0.181. The van der Waals surface area contributed by atoms with E-state index in [2.05, 4.69) is 0 Å². The van der Waals surface area contributed by atoms with Gasteiger partial charge in [-0.2, -0.15) is 0 Å². The number of amides is 1. The van der Waals surface area contributed by atoms with Crippen LogP contribution in [-0.2, 0) is 4.79 Å². The number of nitrogens with zero attached hydrogens (tertiary/aromatic N) is 1. The third-order valence-corrected chi connectivity index (χ3v) is 2.59. The molecule has 0 unspecified atom stereocenters. The Hall–Kier alpha value is -0.610. The smallest absolute Gasteiger partial charge is 0.240 e. The van der Waals surface area contributed by atoms with Gasteiger partial charge in [-0.1, -0.05) is 13.8 Å². The first kappa shape index (κ1) is 10.5. The molecule has 4 nitrogen and oxygen atoms in total. The van der Waals surface area contributed by atoms with Gasteiger partial charge in [-0.05, 0) is 18.8 Å². The zero-order valence-electron chi connectivity index (χ0n) is 8.36. The molecule has 1 saturated heterocycles. The van der Waals surface area contributed by atoms with Gasteiger partial charge in [-0.25, -0.2) is 0 Å². The summed E-state index contributed by atoms with van der Waals surface area (Å²) >= 11 is 0. The molecule has 0 aromatic rings. The van der Waals surface area contributed by atoms with Gasteiger partial charge >= 0.3 is 0 Å². The summed E-state index contributed by atoms with van der Waals surface area (Å²) < 4.78 is 0. The van der Waals surface area contributed by atoms with Crippen molar-refractivity contribution in [3.63, 3.8) is 0 Å². The maximum absolute atomic E-state index is 11.7. The van der Waals surface area contributed by atoms with Crippen LogP contribution in [0.15, 0.2) is 0 Å². The minimum absolute atomic E-state index is 0.000000000000000444. The lowest BCUT2D eigenvalue weighted by Crippen LogP contribution is -2.50. The molecule has 76 valence electrons. The first-order valence-corrected chi connectivity index (χ1v) is 4.85. The molecule has 1 amide bonds. The van der Waals surface area contributed by atoms with Crippen LogP contribution < -0.4 is 11.5 Å². The molecule has 0 aromatic heterocycles. The van der Waals surface area contributed by atoms with Gasteiger partial charge in [-0.15, -0.1) is 0 Å². The van der Waals surface area contributed by atoms with Gasteiger partial charge in [0.1, 0.15) is 0 Å². The summed E-state index contributed by atoms with van der Waals surface area (Å²) in [6.45, 7) is 4.66. The van der Waals surface area contributed by atoms with E-state index in [0.29, 0.717) is 0 Å². The Labute approximate surface area is 79.3 Å². The van der Waals surface area contributed by atoms with Gasteiger partial charge < -0.3 is 16.4 Å². The molecule has 4 N–H and O–H groups in total. The zero-order valence-corrected chi connectivity index (χ0v) is 8.36. The molecule has 0 spiro atoms. The molecular formula is C9H19N3O. The highest BCUT2D eigenvalue weighted by atomic mass is 16.2. The zero-order chi connectivity index (χ0) is 10.0. The molecule has 1 aliphatic rings. The molecule has 0 aromatic carbocycles. The third-order valence-electron chi connectivity index (χ3n) is 2.59. The van der Waals surface area contributed by atoms with E-state index in [1.165, 1.54) is 0 Å². The number of nitrogens with two attached hydrogens (primary N) is 2. The van der Waals surface area contributed by atoms with E-state index in [1.54, 1.807) is 4.90 Å². The molecule has 1 aliphatic heterocycles. The van der Waals surface area contributed by atoms with Gasteiger partial charge in [0.15, 0.2) is 0 Å². The highest BCUT2D eigenvalue weighted by molar-refractivity contribution is 5.82. The van der Waals surface area contributed by atoms with Crippen LogP contribution in [0, 0.1) is 5.92 Å². The molecule has 1 rings (SSSR count). The minimum Gasteiger partial charge on any atom is -0.326 e. The number of likely N-dealkylation sites (tertiary alicyclic amines) is 1. The summed E-state index contributed by atoms with van der Waals surface area (Å²) in [6, 6.07) is -0.399. The van der Waals surface area contributed by atoms with E-state index in [-0.39, 0.29) is 18.0 Å². The van der Waals surface area contributed by atoms with E-state index >= 15 is 0 Å². The fourth-order valence-corrected chi connectivity index (χ4v) is 1.54. The summed E-state index contributed by atoms with van der Waals surface area (Å²) in [5.41, 5.74) is 11.5. The van der Waals surface area contributed by atoms with Crippen LogP contribution in [0.2, 0.25) is 0 Å². The highest BCUT2D eigenvalue weighted by Gasteiger charge is 2.30. The molecule has 13 heavy (non-hydrogen) atoms. The van der Waals surface area contributed by atoms with Crippen molar-refractivity contribution >= 4 is 5.91 Å². The summed E-state index contributed by atoms with van der Waals surface area (Å²) in [7, 11) is 0. The van der Waals surface area contributed by atoms with E-state index in [1.807, 2.05) is 13.8 Å². The quantitative estimate of drug-likeness (QED) is 0.630. The molecule has 0 aliphatic carbocycles. The van der Waals surface area contributed by atoms with Crippen molar-refractivity contribution in [1.29, 1.82) is 0 Å². The third kappa shape index (κ3) is 2.19. The van der Waals surface area contributed by atoms with Crippen LogP contribution in [0.5, 0.6) is 0 Å². The fraction of sp³-hybridized carbons (Fsp3) is 0.889. The Morgan fingerprint density at radius 1 is 1.54 bits per heavy atom. The van der Waals surface area contributed by atoms with Gasteiger partial charge in [0.2, 0.25) is 5.91 Å². The molecular weight excluding hydrogens is 166 g/mol. The van der Waals surface area contributed by atoms with Crippen molar-refractivity contribution in [3.05, 3.63) is 0 Å². The van der Waals surface area contributed by atoms with Crippen LogP contribution in [0.3, 0.4) is 0 Å². The van der Waals surface area contributed by atoms with Crippen LogP contribution in [-0.4, -0.2) is 29.6 Å². The minimum atomic E-state index is -0.399. The molecule has 0 saturated carbocycles. The van der Waals surface area contributed by atoms with Gasteiger partial charge in [0.05, 0.1) is 12.2 Å². The average Bonchev–Trinajstić information content (AvgIpc) is 2.48. The van der Waals surface area contributed by atoms with Crippen molar-refractivity contribution in [1.82, 2.24) is 4.90 Å². The van der Waals surface area contributed by atoms with E-state index < -0.39 is 6.04 Å². The van der Waals surface area contributed by atoms with Crippen LogP contribution >= 0.6 is 0 Å². The van der Waals surface area contributed by atoms with Crippen molar-refractivity contribution in [3.8, 4) is 0 Å². The SMILES string of the molecule is CC(C)[C@H](N)C(=O)N1CCC[C@H]1N. The molecule has 4 heteroatoms. The van der Waals surface area contributed by atoms with E-state index in [4.69, 9.17) is 11.5 Å². The fourth-order valence-electron chi connectivity index (χ4n) is 1.54. The second kappa shape index (κ2) is 4.07. The van der Waals surface area contributed by atoms with Gasteiger partial charge in [0, 0.05) is 6.54 Å². The van der Waals surface area contributed by atoms with Crippen molar-refractivity contribution in [2.24, 2.45) is 17.4 Å². The highest BCUT2D eigenvalue weighted by Crippen LogP contribution is 2.15. The lowest BCUT2D eigenvalue weighted by molar-refractivity contribution is -0.134. The van der Waals surface area contributed by atoms with Crippen LogP contribution in [0.25, 0.3) is 0 Å². The summed E-state index contributed by atoms with van der Waals surface area (Å²) in [5, 5.41) is 0. The normalized spacial score (nSPS) is 25.3. The van der Waals surface area contributed by atoms with Crippen molar-refractivity contribution < 1.29 is 4.79 Å². The Balaban J connectivity index is 2.56. The first-order valence-electron chi connectivity index (χ1n) is 4.85. The van der Waals surface area contributed by atoms with Crippen molar-refractivity contribution in [2.45, 2.75) is 38.9 Å². The topological polar surface area (TPSA) is 72.4 Å². The standard InChI is InChI=1S/C9H19N3O/c1-6(2)8(11)9(13)12-5-3-4-7(12)10/h6-8H,3-5,10-11H2,1-2H3/t7-,8-/m0/s1. The maximum Gasteiger partial charge on any atom is 0.240 e. The number of hydrogen-bond acceptors (Lipinski definition) is 3. The molecule has 1 fully saturated rings. The van der Waals surface area contributed by atoms with Crippen molar-refractivity contribution in [2.75, 3.05) is 6.54 Å². The maximum atomic E-state index is 11.7. The average molecular weight is 185 g/mol. The van der Waals surface area contributed by atoms with E-state index in [0.717, 1.165) is 19.4 Å². The molecule has 2 atom stereocenters. The Bertz CT molecular complexity index is 193. The molecule has 1 heterocycles. The van der Waals surface area contributed by atoms with E-state index in [9.17, 15) is 4.79 Å². The summed E-state index contributed by atoms with van der Waals surface area (Å²) in [6.07, 6.45) is 1.78. The second-order valence-corrected chi connectivity index (χ2v) is 4.01. The molecule has 0 bridgehead atoms. The van der Waals surface area contributed by atoms with Gasteiger partial charge in [0.25, 0.3) is 0 Å². The van der Waals surface area contributed by atoms with Crippen LogP contribution in [0.1, 0.15) is 26.7 Å². The monoisotopic (exact) mass is 185 g/mol. The lowest BCUT2D eigenvalue weighted by Gasteiger charge is -2.26. The Morgan fingerprint density at radius 2 is 2.15 bits per heavy atom. The predicted octanol–water partition coefficient (Wildman–Crippen LogP) is -0.123. The Morgan fingerprint density at radius 3 is 2.54 bits per heavy atom. The number of carbonyl (C=O) groups excluding carboxylic acids is 1. The Kier molecular flexibility index (Phi) is 3.27. The predicted molar refractivity (Wildman–Crippen MR) is 51.7 cm³/mol. The number of hydrogen-bond donors (Lipinski definition) is 2. The first-order chi connectivity index (χ1) is 6.04. The van der Waals surface area contributed by atoms with Crippen LogP contribution in [0.4, 0.5) is 0 Å². The largest absolute Gasteiger partial charge is 0.326 e. The number of carbonyl (C=O) groups is 1. The summed E-state index contributed by atoms with van der Waals surface area (Å²) in [4.78, 5) is 13.4. The number of rotatable bonds is 2. The van der Waals surface area contributed by atoms with Gasteiger partial charge in [-0.3, -0.25) is 4.79 Å². The lowest BCUT2D eigenvalue weighted by atomic mass is 10.0. The second-order valence-electron chi connectivity index (χ2n) is 4.01. The molecule has 0 radical (unpaired) electrons.